The summed E-state index contributed by atoms with van der Waals surface area (Å²) in [4.78, 5) is 9.49. The van der Waals surface area contributed by atoms with Gasteiger partial charge < -0.3 is 19.7 Å². The van der Waals surface area contributed by atoms with Crippen molar-refractivity contribution < 1.29 is 4.74 Å². The highest BCUT2D eigenvalue weighted by molar-refractivity contribution is 8.78. The summed E-state index contributed by atoms with van der Waals surface area (Å²) in [5.74, 6) is 2.83. The normalized spacial score (nSPS) is 15.8. The predicted molar refractivity (Wildman–Crippen MR) is 340 cm³/mol. The second-order valence-corrected chi connectivity index (χ2v) is 35.3. The van der Waals surface area contributed by atoms with Gasteiger partial charge in [0.2, 0.25) is 0 Å². The monoisotopic (exact) mass is 1340 g/mol. The van der Waals surface area contributed by atoms with E-state index in [1.807, 2.05) is 92.2 Å². The minimum absolute atomic E-state index is 0.448. The van der Waals surface area contributed by atoms with Gasteiger partial charge in [0.15, 0.2) is 22.2 Å². The molecule has 1 saturated heterocycles. The van der Waals surface area contributed by atoms with Gasteiger partial charge in [-0.15, -0.1) is 68.9 Å². The molecule has 0 aliphatic carbocycles. The van der Waals surface area contributed by atoms with Gasteiger partial charge in [0.1, 0.15) is 9.80 Å². The van der Waals surface area contributed by atoms with Crippen molar-refractivity contribution in [2.45, 2.75) is 39.8 Å². The summed E-state index contributed by atoms with van der Waals surface area (Å²) in [5, 5.41) is 5.34. The van der Waals surface area contributed by atoms with E-state index >= 15 is 0 Å². The number of nitrogens with one attached hydrogen (secondary N) is 5. The summed E-state index contributed by atoms with van der Waals surface area (Å²) >= 11 is 81.8. The second-order valence-electron chi connectivity index (χ2n) is 10.2. The van der Waals surface area contributed by atoms with Gasteiger partial charge in [0.25, 0.3) is 0 Å². The molecule has 1 fully saturated rings. The molecule has 4 aromatic heterocycles. The number of aromatic amines is 5. The van der Waals surface area contributed by atoms with Crippen LogP contribution in [0.3, 0.4) is 0 Å². The number of rotatable bonds is 9. The summed E-state index contributed by atoms with van der Waals surface area (Å²) in [6.07, 6.45) is 4.30. The van der Waals surface area contributed by atoms with Crippen LogP contribution in [0.25, 0.3) is 0 Å². The summed E-state index contributed by atoms with van der Waals surface area (Å²) in [6.45, 7) is 7.30. The number of thiol groups is 6. The minimum Gasteiger partial charge on any atom is -0.380 e. The lowest BCUT2D eigenvalue weighted by molar-refractivity contribution is 0.167. The highest BCUT2D eigenvalue weighted by Crippen LogP contribution is 2.57. The molecule has 4 aromatic rings. The van der Waals surface area contributed by atoms with Crippen LogP contribution in [0.4, 0.5) is 0 Å². The number of fused-ring (bicyclic) bond motifs is 2. The molecule has 350 valence electrons. The van der Waals surface area contributed by atoms with E-state index in [1.165, 1.54) is 46.3 Å². The average Bonchev–Trinajstić information content (AvgIpc) is 4.03. The first kappa shape index (κ1) is 64.8. The Balaban J connectivity index is 0.000000369. The fourth-order valence-electron chi connectivity index (χ4n) is 3.01. The Morgan fingerprint density at radius 2 is 1.00 bits per heavy atom. The number of aromatic nitrogens is 5. The Morgan fingerprint density at radius 3 is 1.23 bits per heavy atom. The second kappa shape index (κ2) is 38.4. The van der Waals surface area contributed by atoms with Crippen molar-refractivity contribution in [2.24, 2.45) is 0 Å². The van der Waals surface area contributed by atoms with E-state index in [1.54, 1.807) is 50.9 Å². The number of thioether (sulfide) groups is 4. The van der Waals surface area contributed by atoms with E-state index in [0.717, 1.165) is 47.6 Å². The molecule has 2 unspecified atom stereocenters. The molecule has 7 rings (SSSR count). The molecule has 0 saturated carbocycles. The van der Waals surface area contributed by atoms with Gasteiger partial charge in [-0.25, -0.2) is 0 Å². The average molecular weight is 1340 g/mol. The third-order valence-corrected chi connectivity index (χ3v) is 26.7. The van der Waals surface area contributed by atoms with E-state index in [0.29, 0.717) is 31.4 Å². The zero-order chi connectivity index (χ0) is 46.8. The third-order valence-electron chi connectivity index (χ3n) is 5.68. The van der Waals surface area contributed by atoms with E-state index in [4.69, 9.17) is 102 Å². The number of ether oxygens (including phenoxy) is 1. The minimum atomic E-state index is 0.448. The van der Waals surface area contributed by atoms with Crippen molar-refractivity contribution in [1.29, 1.82) is 0 Å². The maximum atomic E-state index is 5.19. The number of thiocarbonyl (C=S) groups is 1. The molecule has 2 atom stereocenters. The Hall–Kier alpha value is 4.82. The fraction of sp³-hybridized carbons (Fsp3) is 0.481. The molecule has 0 bridgehead atoms. The number of allylic oxidation sites excluding steroid dienone is 1. The van der Waals surface area contributed by atoms with Crippen molar-refractivity contribution in [1.82, 2.24) is 32.6 Å². The third kappa shape index (κ3) is 30.6. The van der Waals surface area contributed by atoms with Gasteiger partial charge >= 0.3 is 0 Å². The molecular weight excluding hydrogens is 1300 g/mol. The molecule has 0 amide bonds. The fourth-order valence-corrected chi connectivity index (χ4v) is 24.9. The van der Waals surface area contributed by atoms with Crippen LogP contribution in [-0.2, 0) is 4.74 Å². The predicted octanol–water partition coefficient (Wildman–Crippen LogP) is 17.4. The SMILES string of the molecule is CC1=C(C)SSC1.CSC1SC(=S)SC1SC.S=c1[nH][nH]c(=S)s1.S=c1[nH]c(=S)[nH]c(=S)[nH]1.S=c1sc2c(s1)Sc1sc(=S)sc1S2.SCCOCCS.SN(S)CCN(S)S. The van der Waals surface area contributed by atoms with Crippen molar-refractivity contribution >= 4 is 327 Å². The van der Waals surface area contributed by atoms with Crippen molar-refractivity contribution in [3.63, 3.8) is 0 Å². The topological polar surface area (TPSA) is 94.7 Å². The molecular formula is C27H39N7OS27. The maximum Gasteiger partial charge on any atom is 0.178 e. The summed E-state index contributed by atoms with van der Waals surface area (Å²) < 4.78 is 20.6. The Labute approximate surface area is 490 Å². The van der Waals surface area contributed by atoms with E-state index in [9.17, 15) is 0 Å². The van der Waals surface area contributed by atoms with Crippen LogP contribution in [0.2, 0.25) is 0 Å². The van der Waals surface area contributed by atoms with Crippen LogP contribution >= 0.6 is 323 Å². The lowest BCUT2D eigenvalue weighted by atomic mass is 10.3. The largest absolute Gasteiger partial charge is 0.380 e. The maximum absolute atomic E-state index is 5.19. The molecule has 5 N–H and O–H groups in total. The Morgan fingerprint density at radius 1 is 0.629 bits per heavy atom. The first-order chi connectivity index (χ1) is 29.3. The summed E-state index contributed by atoms with van der Waals surface area (Å²) in [5.41, 5.74) is 1.55. The first-order valence-electron chi connectivity index (χ1n) is 16.1. The van der Waals surface area contributed by atoms with E-state index in [-0.39, 0.29) is 0 Å². The van der Waals surface area contributed by atoms with Gasteiger partial charge in [-0.05, 0) is 92.4 Å². The van der Waals surface area contributed by atoms with Crippen molar-refractivity contribution in [2.75, 3.05) is 56.1 Å². The smallest absolute Gasteiger partial charge is 0.178 e. The molecule has 62 heavy (non-hydrogen) atoms. The molecule has 0 radical (unpaired) electrons. The van der Waals surface area contributed by atoms with Gasteiger partial charge in [-0.3, -0.25) is 10.2 Å². The van der Waals surface area contributed by atoms with Gasteiger partial charge in [-0.1, -0.05) is 173 Å². The number of hydrogen-bond acceptors (Lipinski definition) is 30. The zero-order valence-corrected chi connectivity index (χ0v) is 54.7. The van der Waals surface area contributed by atoms with Crippen molar-refractivity contribution in [3.8, 4) is 0 Å². The Kier molecular flexibility index (Phi) is 40.2. The molecule has 0 aromatic carbocycles. The number of H-pyrrole nitrogens is 5. The molecule has 35 heteroatoms. The van der Waals surface area contributed by atoms with Crippen LogP contribution in [0.15, 0.2) is 27.3 Å². The van der Waals surface area contributed by atoms with E-state index in [2.05, 4.69) is 128 Å². The molecule has 3 aliphatic heterocycles. The molecule has 3 aliphatic rings. The van der Waals surface area contributed by atoms with E-state index < -0.39 is 0 Å². The lowest BCUT2D eigenvalue weighted by Gasteiger charge is -2.10. The zero-order valence-electron chi connectivity index (χ0n) is 32.2. The number of hydrogen-bond donors (Lipinski definition) is 11. The standard InChI is InChI=1S/C6S8.C5H8S5.C5H8S2.C4H10OS2.C3H3N3S3.C2H8N2S4.C2H2N2S3/c7-5-11-1-2(12-5)10-4-3(9-1)13-6(8)14-4;1-7-3-4(8-2)10-5(6)9-3;1-4-3-6-7-5(4)2;6-3-1-5-2-4-7;7-1-4-2(8)6-3(9)5-1;5-3(6)1-2-4(7)8;5-1-3-4-2(6)7-1/h;3-4H,1-2H3;3H2,1-2H3;6-7H,1-4H2;(H3,4,5,6,7,8,9);5-8H,1-2H2;(H,3,5)(H,4,6). The van der Waals surface area contributed by atoms with Crippen LogP contribution in [-0.4, -0.2) is 101 Å². The molecule has 0 spiro atoms. The summed E-state index contributed by atoms with van der Waals surface area (Å²) in [7, 11) is 3.83. The highest BCUT2D eigenvalue weighted by atomic mass is 33.1. The molecule has 7 heterocycles. The summed E-state index contributed by atoms with van der Waals surface area (Å²) in [6, 6.07) is 0. The molecule has 8 nitrogen and oxygen atoms in total. The van der Waals surface area contributed by atoms with Gasteiger partial charge in [0, 0.05) is 30.3 Å². The quantitative estimate of drug-likeness (QED) is 0.0299. The van der Waals surface area contributed by atoms with Crippen LogP contribution < -0.4 is 0 Å². The van der Waals surface area contributed by atoms with Crippen LogP contribution in [0, 0.1) is 28.5 Å². The van der Waals surface area contributed by atoms with Crippen LogP contribution in [0.1, 0.15) is 13.8 Å². The Bertz CT molecular complexity index is 2080. The van der Waals surface area contributed by atoms with Gasteiger partial charge in [0.05, 0.1) is 39.2 Å². The van der Waals surface area contributed by atoms with Gasteiger partial charge in [-0.2, -0.15) is 32.7 Å². The first-order valence-corrected chi connectivity index (χ1v) is 34.6. The van der Waals surface area contributed by atoms with Crippen LogP contribution in [0.5, 0.6) is 0 Å². The number of nitrogens with zero attached hydrogens (tertiary/aromatic N) is 2. The lowest BCUT2D eigenvalue weighted by Crippen LogP contribution is -2.12. The van der Waals surface area contributed by atoms with Crippen molar-refractivity contribution in [3.05, 3.63) is 39.0 Å². The highest BCUT2D eigenvalue weighted by Gasteiger charge is 2.31.